The molecule has 1 N–H and O–H groups in total. The van der Waals surface area contributed by atoms with Crippen LogP contribution in [0.3, 0.4) is 0 Å². The Hall–Kier alpha value is -2.30. The van der Waals surface area contributed by atoms with Gasteiger partial charge in [-0.3, -0.25) is 4.79 Å². The van der Waals surface area contributed by atoms with E-state index in [-0.39, 0.29) is 29.6 Å². The van der Waals surface area contributed by atoms with Gasteiger partial charge in [-0.15, -0.1) is 0 Å². The van der Waals surface area contributed by atoms with E-state index in [4.69, 9.17) is 9.15 Å². The Morgan fingerprint density at radius 1 is 1.17 bits per heavy atom. The summed E-state index contributed by atoms with van der Waals surface area (Å²) in [6, 6.07) is 4.12. The van der Waals surface area contributed by atoms with Gasteiger partial charge < -0.3 is 14.5 Å². The Bertz CT molecular complexity index is 983. The fourth-order valence-electron chi connectivity index (χ4n) is 4.87. The van der Waals surface area contributed by atoms with Crippen LogP contribution >= 0.6 is 0 Å². The number of carbonyl (C=O) groups is 1. The van der Waals surface area contributed by atoms with Gasteiger partial charge in [-0.2, -0.15) is 0 Å². The molecule has 1 aromatic carbocycles. The lowest BCUT2D eigenvalue weighted by molar-refractivity contribution is -0.121. The minimum atomic E-state index is -0.351. The van der Waals surface area contributed by atoms with Crippen molar-refractivity contribution in [1.29, 1.82) is 0 Å². The molecule has 1 amide bonds. The summed E-state index contributed by atoms with van der Waals surface area (Å²) in [5.41, 5.74) is 2.89. The second-order valence-electron chi connectivity index (χ2n) is 9.02. The van der Waals surface area contributed by atoms with Crippen molar-refractivity contribution in [3.63, 3.8) is 0 Å². The van der Waals surface area contributed by atoms with Crippen LogP contribution < -0.4 is 15.7 Å². The molecule has 4 rings (SSSR count). The Morgan fingerprint density at radius 2 is 1.93 bits per heavy atom. The van der Waals surface area contributed by atoms with Gasteiger partial charge in [0.1, 0.15) is 16.9 Å². The SMILES string of the molecule is Cc1c(CCC(=O)NC(C)C)c(=O)oc2cc3c(cc12)CCC1(CCCCC1)O3. The van der Waals surface area contributed by atoms with Crippen molar-refractivity contribution in [2.24, 2.45) is 0 Å². The number of nitrogens with one attached hydrogen (secondary N) is 1. The molecule has 0 saturated heterocycles. The number of amides is 1. The van der Waals surface area contributed by atoms with Gasteiger partial charge in [-0.1, -0.05) is 6.42 Å². The second-order valence-corrected chi connectivity index (χ2v) is 9.02. The average molecular weight is 398 g/mol. The molecule has 0 unspecified atom stereocenters. The van der Waals surface area contributed by atoms with E-state index in [1.165, 1.54) is 24.8 Å². The van der Waals surface area contributed by atoms with E-state index in [0.29, 0.717) is 17.6 Å². The summed E-state index contributed by atoms with van der Waals surface area (Å²) in [6.45, 7) is 5.81. The Labute approximate surface area is 171 Å². The molecule has 5 nitrogen and oxygen atoms in total. The number of rotatable bonds is 4. The maximum absolute atomic E-state index is 12.6. The topological polar surface area (TPSA) is 68.5 Å². The zero-order chi connectivity index (χ0) is 20.6. The van der Waals surface area contributed by atoms with Crippen molar-refractivity contribution in [1.82, 2.24) is 5.32 Å². The van der Waals surface area contributed by atoms with Crippen molar-refractivity contribution >= 4 is 16.9 Å². The van der Waals surface area contributed by atoms with Crippen LogP contribution in [0, 0.1) is 6.92 Å². The van der Waals surface area contributed by atoms with E-state index in [1.54, 1.807) is 0 Å². The molecular weight excluding hydrogens is 366 g/mol. The van der Waals surface area contributed by atoms with Gasteiger partial charge in [0.15, 0.2) is 0 Å². The first-order valence-electron chi connectivity index (χ1n) is 10.9. The number of aryl methyl sites for hydroxylation is 2. The predicted octanol–water partition coefficient (Wildman–Crippen LogP) is 4.59. The van der Waals surface area contributed by atoms with Gasteiger partial charge in [0.05, 0.1) is 0 Å². The summed E-state index contributed by atoms with van der Waals surface area (Å²) in [6.07, 6.45) is 8.71. The molecule has 2 aliphatic rings. The fourth-order valence-corrected chi connectivity index (χ4v) is 4.87. The molecule has 29 heavy (non-hydrogen) atoms. The molecule has 2 aromatic rings. The first-order valence-corrected chi connectivity index (χ1v) is 10.9. The molecule has 5 heteroatoms. The van der Waals surface area contributed by atoms with Crippen LogP contribution in [-0.2, 0) is 17.6 Å². The number of fused-ring (bicyclic) bond motifs is 2. The highest BCUT2D eigenvalue weighted by Gasteiger charge is 2.37. The maximum atomic E-state index is 12.6. The van der Waals surface area contributed by atoms with Crippen molar-refractivity contribution < 1.29 is 13.9 Å². The van der Waals surface area contributed by atoms with Gasteiger partial charge in [0.2, 0.25) is 5.91 Å². The highest BCUT2D eigenvalue weighted by Crippen LogP contribution is 2.43. The Kier molecular flexibility index (Phi) is 5.41. The summed E-state index contributed by atoms with van der Waals surface area (Å²) < 4.78 is 12.1. The smallest absolute Gasteiger partial charge is 0.339 e. The highest BCUT2D eigenvalue weighted by molar-refractivity contribution is 5.84. The second kappa shape index (κ2) is 7.85. The maximum Gasteiger partial charge on any atom is 0.339 e. The van der Waals surface area contributed by atoms with E-state index in [9.17, 15) is 9.59 Å². The molecule has 0 atom stereocenters. The van der Waals surface area contributed by atoms with E-state index >= 15 is 0 Å². The molecule has 1 aliphatic carbocycles. The lowest BCUT2D eigenvalue weighted by Gasteiger charge is -2.41. The molecule has 2 heterocycles. The largest absolute Gasteiger partial charge is 0.487 e. The van der Waals surface area contributed by atoms with Gasteiger partial charge in [-0.05, 0) is 82.9 Å². The standard InChI is InChI=1S/C24H31NO4/c1-15(2)25-22(26)8-7-18-16(3)19-13-17-9-12-24(10-5-4-6-11-24)29-20(17)14-21(19)28-23(18)27/h13-15H,4-12H2,1-3H3,(H,25,26). The third-order valence-electron chi connectivity index (χ3n) is 6.46. The number of ether oxygens (including phenoxy) is 1. The van der Waals surface area contributed by atoms with Gasteiger partial charge in [-0.25, -0.2) is 4.79 Å². The van der Waals surface area contributed by atoms with Gasteiger partial charge in [0, 0.05) is 29.5 Å². The summed E-state index contributed by atoms with van der Waals surface area (Å²) >= 11 is 0. The number of carbonyl (C=O) groups excluding carboxylic acids is 1. The molecule has 0 radical (unpaired) electrons. The van der Waals surface area contributed by atoms with Crippen LogP contribution in [0.1, 0.15) is 75.5 Å². The first-order chi connectivity index (χ1) is 13.9. The molecule has 1 aromatic heterocycles. The molecule has 0 bridgehead atoms. The minimum absolute atomic E-state index is 0.0298. The summed E-state index contributed by atoms with van der Waals surface area (Å²) in [5.74, 6) is 0.827. The Balaban J connectivity index is 1.63. The molecule has 1 aliphatic heterocycles. The van der Waals surface area contributed by atoms with Crippen LogP contribution in [0.2, 0.25) is 0 Å². The van der Waals surface area contributed by atoms with Crippen LogP contribution in [-0.4, -0.2) is 17.6 Å². The number of benzene rings is 1. The van der Waals surface area contributed by atoms with Gasteiger partial charge >= 0.3 is 5.63 Å². The lowest BCUT2D eigenvalue weighted by atomic mass is 9.79. The summed E-state index contributed by atoms with van der Waals surface area (Å²) in [5, 5.41) is 3.82. The normalized spacial score (nSPS) is 17.9. The van der Waals surface area contributed by atoms with E-state index in [1.807, 2.05) is 26.8 Å². The first kappa shape index (κ1) is 20.0. The predicted molar refractivity (Wildman–Crippen MR) is 114 cm³/mol. The lowest BCUT2D eigenvalue weighted by Crippen LogP contribution is -2.41. The van der Waals surface area contributed by atoms with E-state index in [0.717, 1.165) is 42.4 Å². The van der Waals surface area contributed by atoms with Crippen LogP contribution in [0.25, 0.3) is 11.0 Å². The third kappa shape index (κ3) is 4.05. The zero-order valence-corrected chi connectivity index (χ0v) is 17.7. The minimum Gasteiger partial charge on any atom is -0.487 e. The van der Waals surface area contributed by atoms with Crippen molar-refractivity contribution in [3.8, 4) is 5.75 Å². The van der Waals surface area contributed by atoms with Crippen LogP contribution in [0.5, 0.6) is 5.75 Å². The monoisotopic (exact) mass is 397 g/mol. The van der Waals surface area contributed by atoms with Crippen molar-refractivity contribution in [3.05, 3.63) is 39.2 Å². The van der Waals surface area contributed by atoms with Crippen LogP contribution in [0.4, 0.5) is 0 Å². The van der Waals surface area contributed by atoms with Gasteiger partial charge in [0.25, 0.3) is 0 Å². The number of hydrogen-bond donors (Lipinski definition) is 1. The molecular formula is C24H31NO4. The zero-order valence-electron chi connectivity index (χ0n) is 17.7. The molecule has 1 spiro atoms. The third-order valence-corrected chi connectivity index (χ3v) is 6.46. The Morgan fingerprint density at radius 3 is 2.66 bits per heavy atom. The quantitative estimate of drug-likeness (QED) is 0.767. The van der Waals surface area contributed by atoms with Crippen molar-refractivity contribution in [2.75, 3.05) is 0 Å². The molecule has 156 valence electrons. The fraction of sp³-hybridized carbons (Fsp3) is 0.583. The van der Waals surface area contributed by atoms with Crippen LogP contribution in [0.15, 0.2) is 21.3 Å². The summed E-state index contributed by atoms with van der Waals surface area (Å²) in [7, 11) is 0. The van der Waals surface area contributed by atoms with E-state index in [2.05, 4.69) is 11.4 Å². The average Bonchev–Trinajstić information content (AvgIpc) is 2.67. The molecule has 1 saturated carbocycles. The summed E-state index contributed by atoms with van der Waals surface area (Å²) in [4.78, 5) is 24.6. The highest BCUT2D eigenvalue weighted by atomic mass is 16.5. The molecule has 1 fully saturated rings. The van der Waals surface area contributed by atoms with E-state index < -0.39 is 0 Å². The van der Waals surface area contributed by atoms with Crippen molar-refractivity contribution in [2.45, 2.75) is 90.2 Å². The number of hydrogen-bond acceptors (Lipinski definition) is 4.